The summed E-state index contributed by atoms with van der Waals surface area (Å²) in [6, 6.07) is 7.94. The van der Waals surface area contributed by atoms with Crippen LogP contribution in [0.5, 0.6) is 0 Å². The van der Waals surface area contributed by atoms with E-state index in [0.29, 0.717) is 18.5 Å². The zero-order chi connectivity index (χ0) is 15.4. The van der Waals surface area contributed by atoms with Gasteiger partial charge < -0.3 is 14.4 Å². The van der Waals surface area contributed by atoms with Crippen molar-refractivity contribution in [2.45, 2.75) is 6.42 Å². The number of nitrogens with zero attached hydrogens (tertiary/aromatic N) is 1. The highest BCUT2D eigenvalue weighted by Crippen LogP contribution is 2.29. The molecule has 0 spiro atoms. The number of rotatable bonds is 2. The Morgan fingerprint density at radius 1 is 1.14 bits per heavy atom. The minimum absolute atomic E-state index is 0.209. The molecule has 0 atom stereocenters. The second kappa shape index (κ2) is 6.93. The average Bonchev–Trinajstić information content (AvgIpc) is 2.53. The monoisotopic (exact) mass is 401 g/mol. The Bertz CT molecular complexity index is 580. The first-order valence-electron chi connectivity index (χ1n) is 6.46. The average molecular weight is 401 g/mol. The summed E-state index contributed by atoms with van der Waals surface area (Å²) in [5.41, 5.74) is 2.43. The third kappa shape index (κ3) is 3.55. The topological polar surface area (TPSA) is 55.8 Å². The summed E-state index contributed by atoms with van der Waals surface area (Å²) in [6.45, 7) is 0.731. The number of esters is 1. The van der Waals surface area contributed by atoms with Crippen molar-refractivity contribution in [3.8, 4) is 0 Å². The van der Waals surface area contributed by atoms with Gasteiger partial charge in [0.25, 0.3) is 0 Å². The third-order valence-corrected chi connectivity index (χ3v) is 4.12. The molecule has 6 heteroatoms. The van der Waals surface area contributed by atoms with Crippen LogP contribution in [0.25, 0.3) is 5.57 Å². The Morgan fingerprint density at radius 2 is 1.81 bits per heavy atom. The summed E-state index contributed by atoms with van der Waals surface area (Å²) in [5.74, 6) is -0.405. The number of amides is 1. The fraction of sp³-hybridized carbons (Fsp3) is 0.333. The van der Waals surface area contributed by atoms with E-state index in [9.17, 15) is 9.59 Å². The molecule has 1 amide bonds. The lowest BCUT2D eigenvalue weighted by Gasteiger charge is -2.29. The molecule has 112 valence electrons. The quantitative estimate of drug-likeness (QED) is 0.565. The Labute approximate surface area is 137 Å². The van der Waals surface area contributed by atoms with Crippen LogP contribution in [0.2, 0.25) is 0 Å². The number of methoxy groups -OCH3 is 2. The zero-order valence-electron chi connectivity index (χ0n) is 11.9. The molecule has 21 heavy (non-hydrogen) atoms. The van der Waals surface area contributed by atoms with Gasteiger partial charge in [-0.25, -0.2) is 9.59 Å². The SMILES string of the molecule is COC(=O)C1=C(c2ccc(I)cc2)CCN(C(=O)OC)C1. The molecule has 1 aromatic rings. The van der Waals surface area contributed by atoms with Crippen LogP contribution in [-0.4, -0.2) is 44.3 Å². The van der Waals surface area contributed by atoms with Crippen molar-refractivity contribution in [3.05, 3.63) is 39.0 Å². The molecule has 1 aliphatic rings. The van der Waals surface area contributed by atoms with Crippen LogP contribution in [0.4, 0.5) is 4.79 Å². The van der Waals surface area contributed by atoms with Crippen molar-refractivity contribution >= 4 is 40.2 Å². The maximum Gasteiger partial charge on any atom is 0.409 e. The fourth-order valence-corrected chi connectivity index (χ4v) is 2.69. The van der Waals surface area contributed by atoms with Crippen molar-refractivity contribution in [1.82, 2.24) is 4.90 Å². The molecule has 0 aromatic heterocycles. The number of benzene rings is 1. The van der Waals surface area contributed by atoms with Crippen LogP contribution in [0.15, 0.2) is 29.8 Å². The van der Waals surface area contributed by atoms with E-state index in [1.807, 2.05) is 24.3 Å². The molecule has 0 aliphatic carbocycles. The maximum atomic E-state index is 12.0. The highest BCUT2D eigenvalue weighted by molar-refractivity contribution is 14.1. The molecule has 2 rings (SSSR count). The Kier molecular flexibility index (Phi) is 5.22. The van der Waals surface area contributed by atoms with Crippen LogP contribution in [0.3, 0.4) is 0 Å². The van der Waals surface area contributed by atoms with Gasteiger partial charge in [-0.05, 0) is 52.3 Å². The van der Waals surface area contributed by atoms with E-state index in [4.69, 9.17) is 9.47 Å². The normalized spacial score (nSPS) is 14.9. The Hall–Kier alpha value is -1.57. The van der Waals surface area contributed by atoms with Gasteiger partial charge >= 0.3 is 12.1 Å². The summed E-state index contributed by atoms with van der Waals surface area (Å²) in [4.78, 5) is 25.2. The highest BCUT2D eigenvalue weighted by atomic mass is 127. The van der Waals surface area contributed by atoms with Gasteiger partial charge in [0.1, 0.15) is 0 Å². The summed E-state index contributed by atoms with van der Waals surface area (Å²) in [6.07, 6.45) is 0.165. The molecule has 0 fully saturated rings. The first kappa shape index (κ1) is 15.8. The molecule has 0 bridgehead atoms. The molecule has 0 saturated heterocycles. The van der Waals surface area contributed by atoms with Gasteiger partial charge in [0.15, 0.2) is 0 Å². The van der Waals surface area contributed by atoms with E-state index in [0.717, 1.165) is 14.7 Å². The van der Waals surface area contributed by atoms with Crippen LogP contribution in [0, 0.1) is 3.57 Å². The number of ether oxygens (including phenoxy) is 2. The van der Waals surface area contributed by atoms with Crippen LogP contribution < -0.4 is 0 Å². The number of carbonyl (C=O) groups excluding carboxylic acids is 2. The number of hydrogen-bond acceptors (Lipinski definition) is 4. The maximum absolute atomic E-state index is 12.0. The molecule has 1 aromatic carbocycles. The predicted molar refractivity (Wildman–Crippen MR) is 86.7 cm³/mol. The lowest BCUT2D eigenvalue weighted by atomic mass is 9.93. The molecule has 0 unspecified atom stereocenters. The summed E-state index contributed by atoms with van der Waals surface area (Å²) < 4.78 is 10.7. The molecular formula is C15H16INO4. The summed E-state index contributed by atoms with van der Waals surface area (Å²) in [7, 11) is 2.68. The summed E-state index contributed by atoms with van der Waals surface area (Å²) in [5, 5.41) is 0. The minimum atomic E-state index is -0.432. The van der Waals surface area contributed by atoms with Gasteiger partial charge in [-0.3, -0.25) is 0 Å². The van der Waals surface area contributed by atoms with Crippen molar-refractivity contribution in [1.29, 1.82) is 0 Å². The van der Waals surface area contributed by atoms with Gasteiger partial charge in [0.05, 0.1) is 26.3 Å². The van der Waals surface area contributed by atoms with E-state index in [1.54, 1.807) is 0 Å². The van der Waals surface area contributed by atoms with E-state index in [1.165, 1.54) is 19.1 Å². The van der Waals surface area contributed by atoms with E-state index < -0.39 is 12.1 Å². The van der Waals surface area contributed by atoms with Crippen molar-refractivity contribution in [2.75, 3.05) is 27.3 Å². The van der Waals surface area contributed by atoms with Crippen LogP contribution in [0.1, 0.15) is 12.0 Å². The predicted octanol–water partition coefficient (Wildman–Crippen LogP) is 2.69. The lowest BCUT2D eigenvalue weighted by Crippen LogP contribution is -2.38. The Morgan fingerprint density at radius 3 is 2.38 bits per heavy atom. The van der Waals surface area contributed by atoms with Crippen LogP contribution >= 0.6 is 22.6 Å². The molecule has 5 nitrogen and oxygen atoms in total. The highest BCUT2D eigenvalue weighted by Gasteiger charge is 2.28. The van der Waals surface area contributed by atoms with E-state index in [-0.39, 0.29) is 6.54 Å². The van der Waals surface area contributed by atoms with Gasteiger partial charge in [-0.15, -0.1) is 0 Å². The van der Waals surface area contributed by atoms with Gasteiger partial charge in [-0.2, -0.15) is 0 Å². The van der Waals surface area contributed by atoms with Gasteiger partial charge in [-0.1, -0.05) is 12.1 Å². The number of carbonyl (C=O) groups is 2. The second-order valence-corrected chi connectivity index (χ2v) is 5.84. The molecule has 0 N–H and O–H groups in total. The third-order valence-electron chi connectivity index (χ3n) is 3.40. The fourth-order valence-electron chi connectivity index (χ4n) is 2.33. The zero-order valence-corrected chi connectivity index (χ0v) is 14.0. The largest absolute Gasteiger partial charge is 0.466 e. The van der Waals surface area contributed by atoms with Gasteiger partial charge in [0, 0.05) is 10.1 Å². The smallest absolute Gasteiger partial charge is 0.409 e. The first-order chi connectivity index (χ1) is 10.1. The molecule has 1 heterocycles. The molecule has 0 saturated carbocycles. The van der Waals surface area contributed by atoms with E-state index >= 15 is 0 Å². The number of hydrogen-bond donors (Lipinski definition) is 0. The Balaban J connectivity index is 2.38. The summed E-state index contributed by atoms with van der Waals surface area (Å²) >= 11 is 2.23. The van der Waals surface area contributed by atoms with Gasteiger partial charge in [0.2, 0.25) is 0 Å². The molecule has 1 aliphatic heterocycles. The first-order valence-corrected chi connectivity index (χ1v) is 7.54. The number of halogens is 1. The standard InChI is InChI=1S/C15H16INO4/c1-20-14(18)13-9-17(15(19)21-2)8-7-12(13)10-3-5-11(16)6-4-10/h3-6H,7-9H2,1-2H3. The minimum Gasteiger partial charge on any atom is -0.466 e. The van der Waals surface area contributed by atoms with E-state index in [2.05, 4.69) is 22.6 Å². The van der Waals surface area contributed by atoms with Crippen molar-refractivity contribution in [3.63, 3.8) is 0 Å². The van der Waals surface area contributed by atoms with Crippen molar-refractivity contribution in [2.24, 2.45) is 0 Å². The molecular weight excluding hydrogens is 385 g/mol. The van der Waals surface area contributed by atoms with Crippen molar-refractivity contribution < 1.29 is 19.1 Å². The lowest BCUT2D eigenvalue weighted by molar-refractivity contribution is -0.136. The van der Waals surface area contributed by atoms with Crippen LogP contribution in [-0.2, 0) is 14.3 Å². The molecule has 0 radical (unpaired) electrons. The second-order valence-electron chi connectivity index (χ2n) is 4.60.